The minimum atomic E-state index is -0.170. The van der Waals surface area contributed by atoms with E-state index in [4.69, 9.17) is 4.74 Å². The molecule has 2 amide bonds. The van der Waals surface area contributed by atoms with Crippen LogP contribution in [0.4, 0.5) is 11.4 Å². The molecular formula is C22H25N3O3. The van der Waals surface area contributed by atoms with Gasteiger partial charge < -0.3 is 20.3 Å². The van der Waals surface area contributed by atoms with Crippen LogP contribution in [0.2, 0.25) is 0 Å². The number of hydrogen-bond acceptors (Lipinski definition) is 4. The van der Waals surface area contributed by atoms with E-state index in [1.807, 2.05) is 29.2 Å². The fourth-order valence-corrected chi connectivity index (χ4v) is 3.04. The lowest BCUT2D eigenvalue weighted by molar-refractivity contribution is -0.114. The summed E-state index contributed by atoms with van der Waals surface area (Å²) in [4.78, 5) is 26.4. The fourth-order valence-electron chi connectivity index (χ4n) is 3.04. The van der Waals surface area contributed by atoms with Crippen LogP contribution in [0.25, 0.3) is 0 Å². The van der Waals surface area contributed by atoms with E-state index >= 15 is 0 Å². The maximum absolute atomic E-state index is 12.3. The molecule has 2 N–H and O–H groups in total. The molecule has 2 aromatic carbocycles. The molecule has 0 spiro atoms. The van der Waals surface area contributed by atoms with E-state index in [0.29, 0.717) is 23.6 Å². The van der Waals surface area contributed by atoms with Crippen molar-refractivity contribution in [3.8, 4) is 5.75 Å². The minimum Gasteiger partial charge on any atom is -0.489 e. The highest BCUT2D eigenvalue weighted by atomic mass is 16.5. The third kappa shape index (κ3) is 5.36. The number of ether oxygens (including phenoxy) is 1. The van der Waals surface area contributed by atoms with Gasteiger partial charge in [0.05, 0.1) is 6.54 Å². The van der Waals surface area contributed by atoms with Crippen molar-refractivity contribution in [3.05, 3.63) is 66.7 Å². The van der Waals surface area contributed by atoms with E-state index in [-0.39, 0.29) is 18.4 Å². The van der Waals surface area contributed by atoms with Gasteiger partial charge in [-0.25, -0.2) is 0 Å². The molecule has 6 heteroatoms. The van der Waals surface area contributed by atoms with Crippen LogP contribution >= 0.6 is 0 Å². The molecule has 0 aliphatic carbocycles. The zero-order valence-electron chi connectivity index (χ0n) is 15.8. The monoisotopic (exact) mass is 379 g/mol. The second kappa shape index (κ2) is 9.60. The van der Waals surface area contributed by atoms with Crippen molar-refractivity contribution in [2.45, 2.75) is 12.8 Å². The van der Waals surface area contributed by atoms with E-state index in [0.717, 1.165) is 31.6 Å². The Morgan fingerprint density at radius 3 is 2.54 bits per heavy atom. The first-order valence-corrected chi connectivity index (χ1v) is 9.42. The fraction of sp³-hybridized carbons (Fsp3) is 0.273. The molecular weight excluding hydrogens is 354 g/mol. The molecule has 28 heavy (non-hydrogen) atoms. The van der Waals surface area contributed by atoms with Crippen LogP contribution in [0, 0.1) is 0 Å². The lowest BCUT2D eigenvalue weighted by Gasteiger charge is -2.15. The summed E-state index contributed by atoms with van der Waals surface area (Å²) in [5.41, 5.74) is 2.10. The highest BCUT2D eigenvalue weighted by molar-refractivity contribution is 5.96. The first kappa shape index (κ1) is 19.5. The number of benzene rings is 2. The Bertz CT molecular complexity index is 827. The highest BCUT2D eigenvalue weighted by Crippen LogP contribution is 2.18. The molecule has 0 atom stereocenters. The van der Waals surface area contributed by atoms with Crippen LogP contribution in [-0.4, -0.2) is 43.0 Å². The number of amides is 2. The number of carbonyl (C=O) groups is 2. The van der Waals surface area contributed by atoms with Gasteiger partial charge in [-0.15, -0.1) is 0 Å². The predicted octanol–water partition coefficient (Wildman–Crippen LogP) is 3.54. The highest BCUT2D eigenvalue weighted by Gasteiger charge is 2.19. The predicted molar refractivity (Wildman–Crippen MR) is 111 cm³/mol. The number of rotatable bonds is 8. The maximum Gasteiger partial charge on any atom is 0.253 e. The molecule has 146 valence electrons. The summed E-state index contributed by atoms with van der Waals surface area (Å²) in [7, 11) is 0. The van der Waals surface area contributed by atoms with Gasteiger partial charge in [-0.3, -0.25) is 9.59 Å². The van der Waals surface area contributed by atoms with Crippen LogP contribution in [0.15, 0.2) is 61.2 Å². The number of anilines is 2. The van der Waals surface area contributed by atoms with Crippen LogP contribution in [0.3, 0.4) is 0 Å². The third-order valence-electron chi connectivity index (χ3n) is 4.46. The third-order valence-corrected chi connectivity index (χ3v) is 4.46. The Morgan fingerprint density at radius 1 is 1.07 bits per heavy atom. The smallest absolute Gasteiger partial charge is 0.253 e. The minimum absolute atomic E-state index is 0.0515. The normalized spacial score (nSPS) is 13.1. The SMILES string of the molecule is C=CCOc1cccc(NCC(=O)Nc2ccc(C(=O)N3CCCC3)cc2)c1. The zero-order chi connectivity index (χ0) is 19.8. The zero-order valence-corrected chi connectivity index (χ0v) is 15.8. The van der Waals surface area contributed by atoms with Crippen molar-refractivity contribution >= 4 is 23.2 Å². The molecule has 1 aliphatic heterocycles. The van der Waals surface area contributed by atoms with Crippen molar-refractivity contribution in [1.29, 1.82) is 0 Å². The number of likely N-dealkylation sites (tertiary alicyclic amines) is 1. The second-order valence-corrected chi connectivity index (χ2v) is 6.61. The average Bonchev–Trinajstić information content (AvgIpc) is 3.26. The molecule has 1 fully saturated rings. The van der Waals surface area contributed by atoms with E-state index in [2.05, 4.69) is 17.2 Å². The Labute approximate surface area is 165 Å². The summed E-state index contributed by atoms with van der Waals surface area (Å²) < 4.78 is 5.48. The Kier molecular flexibility index (Phi) is 6.68. The van der Waals surface area contributed by atoms with Gasteiger partial charge in [-0.2, -0.15) is 0 Å². The molecule has 0 aromatic heterocycles. The number of nitrogens with zero attached hydrogens (tertiary/aromatic N) is 1. The largest absolute Gasteiger partial charge is 0.489 e. The molecule has 1 saturated heterocycles. The van der Waals surface area contributed by atoms with Gasteiger partial charge in [0, 0.05) is 36.1 Å². The van der Waals surface area contributed by atoms with Crippen LogP contribution in [-0.2, 0) is 4.79 Å². The summed E-state index contributed by atoms with van der Waals surface area (Å²) in [6.45, 7) is 5.82. The average molecular weight is 379 g/mol. The molecule has 6 nitrogen and oxygen atoms in total. The molecule has 0 radical (unpaired) electrons. The number of carbonyl (C=O) groups excluding carboxylic acids is 2. The summed E-state index contributed by atoms with van der Waals surface area (Å²) in [5, 5.41) is 5.90. The van der Waals surface area contributed by atoms with Crippen LogP contribution < -0.4 is 15.4 Å². The number of hydrogen-bond donors (Lipinski definition) is 2. The second-order valence-electron chi connectivity index (χ2n) is 6.61. The molecule has 1 heterocycles. The standard InChI is InChI=1S/C22H25N3O3/c1-2-14-28-20-7-5-6-19(15-20)23-16-21(26)24-18-10-8-17(9-11-18)22(27)25-12-3-4-13-25/h2,5-11,15,23H,1,3-4,12-14,16H2,(H,24,26). The topological polar surface area (TPSA) is 70.7 Å². The van der Waals surface area contributed by atoms with Crippen molar-refractivity contribution in [2.24, 2.45) is 0 Å². The summed E-state index contributed by atoms with van der Waals surface area (Å²) in [6, 6.07) is 14.4. The molecule has 3 rings (SSSR count). The van der Waals surface area contributed by atoms with Gasteiger partial charge in [-0.05, 0) is 49.2 Å². The van der Waals surface area contributed by atoms with Crippen molar-refractivity contribution in [2.75, 3.05) is 36.9 Å². The maximum atomic E-state index is 12.3. The van der Waals surface area contributed by atoms with Crippen molar-refractivity contribution in [3.63, 3.8) is 0 Å². The lowest BCUT2D eigenvalue weighted by atomic mass is 10.2. The van der Waals surface area contributed by atoms with Gasteiger partial charge >= 0.3 is 0 Å². The number of nitrogens with one attached hydrogen (secondary N) is 2. The molecule has 0 unspecified atom stereocenters. The first-order valence-electron chi connectivity index (χ1n) is 9.42. The quantitative estimate of drug-likeness (QED) is 0.689. The van der Waals surface area contributed by atoms with Gasteiger partial charge in [0.2, 0.25) is 5.91 Å². The van der Waals surface area contributed by atoms with Crippen LogP contribution in [0.5, 0.6) is 5.75 Å². The van der Waals surface area contributed by atoms with E-state index < -0.39 is 0 Å². The first-order chi connectivity index (χ1) is 13.7. The molecule has 0 saturated carbocycles. The Morgan fingerprint density at radius 2 is 1.82 bits per heavy atom. The van der Waals surface area contributed by atoms with Crippen LogP contribution in [0.1, 0.15) is 23.2 Å². The van der Waals surface area contributed by atoms with Gasteiger partial charge in [-0.1, -0.05) is 18.7 Å². The van der Waals surface area contributed by atoms with Gasteiger partial charge in [0.1, 0.15) is 12.4 Å². The van der Waals surface area contributed by atoms with Gasteiger partial charge in [0.15, 0.2) is 0 Å². The van der Waals surface area contributed by atoms with E-state index in [1.165, 1.54) is 0 Å². The van der Waals surface area contributed by atoms with Crippen molar-refractivity contribution in [1.82, 2.24) is 4.90 Å². The Balaban J connectivity index is 1.49. The van der Waals surface area contributed by atoms with Gasteiger partial charge in [0.25, 0.3) is 5.91 Å². The molecule has 2 aromatic rings. The molecule has 0 bridgehead atoms. The summed E-state index contributed by atoms with van der Waals surface area (Å²) in [6.07, 6.45) is 3.81. The summed E-state index contributed by atoms with van der Waals surface area (Å²) >= 11 is 0. The Hall–Kier alpha value is -3.28. The van der Waals surface area contributed by atoms with E-state index in [1.54, 1.807) is 30.3 Å². The van der Waals surface area contributed by atoms with Crippen molar-refractivity contribution < 1.29 is 14.3 Å². The molecule has 1 aliphatic rings. The lowest BCUT2D eigenvalue weighted by Crippen LogP contribution is -2.27. The van der Waals surface area contributed by atoms with E-state index in [9.17, 15) is 9.59 Å². The summed E-state index contributed by atoms with van der Waals surface area (Å²) in [5.74, 6) is 0.593.